The third-order valence-electron chi connectivity index (χ3n) is 4.11. The second kappa shape index (κ2) is 7.73. The third-order valence-corrected chi connectivity index (χ3v) is 4.11. The van der Waals surface area contributed by atoms with Crippen LogP contribution in [-0.4, -0.2) is 17.5 Å². The van der Waals surface area contributed by atoms with Crippen LogP contribution in [0.25, 0.3) is 0 Å². The standard InChI is InChI=1S/C19H23N3O2/c1-12(2)15-8-7-14(4)17(11-15)21-22-19(24)18(23)20-16-9-5-13(3)6-10-16/h5-7,9-10,15H,1,8,11H2,2-4H3,(H,20,23)(H,22,24)/t15-/m0/s1. The molecule has 2 rings (SSSR count). The van der Waals surface area contributed by atoms with Crippen molar-refractivity contribution >= 4 is 23.2 Å². The van der Waals surface area contributed by atoms with Crippen molar-refractivity contribution in [2.24, 2.45) is 11.0 Å². The maximum atomic E-state index is 11.9. The van der Waals surface area contributed by atoms with Gasteiger partial charge in [-0.25, -0.2) is 5.43 Å². The fraction of sp³-hybridized carbons (Fsp3) is 0.316. The molecule has 1 aliphatic rings. The van der Waals surface area contributed by atoms with Gasteiger partial charge in [0.2, 0.25) is 0 Å². The number of carbonyl (C=O) groups excluding carboxylic acids is 2. The Kier molecular flexibility index (Phi) is 5.68. The van der Waals surface area contributed by atoms with Gasteiger partial charge in [-0.15, -0.1) is 0 Å². The van der Waals surface area contributed by atoms with E-state index in [-0.39, 0.29) is 0 Å². The van der Waals surface area contributed by atoms with Crippen molar-refractivity contribution in [1.82, 2.24) is 5.43 Å². The minimum absolute atomic E-state index is 0.325. The number of carbonyl (C=O) groups is 2. The lowest BCUT2D eigenvalue weighted by Crippen LogP contribution is -2.33. The van der Waals surface area contributed by atoms with Gasteiger partial charge in [-0.3, -0.25) is 9.59 Å². The molecule has 5 heteroatoms. The number of allylic oxidation sites excluding steroid dienone is 3. The van der Waals surface area contributed by atoms with E-state index in [9.17, 15) is 9.59 Å². The van der Waals surface area contributed by atoms with Crippen LogP contribution in [0.1, 0.15) is 32.3 Å². The van der Waals surface area contributed by atoms with Crippen molar-refractivity contribution in [2.75, 3.05) is 5.32 Å². The second-order valence-corrected chi connectivity index (χ2v) is 6.19. The summed E-state index contributed by atoms with van der Waals surface area (Å²) in [6.45, 7) is 9.87. The number of amides is 2. The van der Waals surface area contributed by atoms with E-state index < -0.39 is 11.8 Å². The molecule has 2 amide bonds. The summed E-state index contributed by atoms with van der Waals surface area (Å²) in [6, 6.07) is 7.22. The molecule has 0 unspecified atom stereocenters. The van der Waals surface area contributed by atoms with E-state index in [1.165, 1.54) is 0 Å². The van der Waals surface area contributed by atoms with Gasteiger partial charge in [-0.2, -0.15) is 5.10 Å². The average Bonchev–Trinajstić information content (AvgIpc) is 2.55. The van der Waals surface area contributed by atoms with Crippen molar-refractivity contribution in [3.63, 3.8) is 0 Å². The maximum absolute atomic E-state index is 11.9. The van der Waals surface area contributed by atoms with Gasteiger partial charge >= 0.3 is 11.8 Å². The Morgan fingerprint density at radius 2 is 1.83 bits per heavy atom. The average molecular weight is 325 g/mol. The largest absolute Gasteiger partial charge is 0.329 e. The Balaban J connectivity index is 1.97. The molecule has 5 nitrogen and oxygen atoms in total. The Labute approximate surface area is 142 Å². The van der Waals surface area contributed by atoms with Crippen molar-refractivity contribution < 1.29 is 9.59 Å². The van der Waals surface area contributed by atoms with Gasteiger partial charge in [0, 0.05) is 5.69 Å². The number of nitrogens with zero attached hydrogens (tertiary/aromatic N) is 1. The van der Waals surface area contributed by atoms with Gasteiger partial charge in [-0.05, 0) is 57.2 Å². The molecule has 1 aliphatic carbocycles. The number of rotatable bonds is 3. The summed E-state index contributed by atoms with van der Waals surface area (Å²) < 4.78 is 0. The Hall–Kier alpha value is -2.69. The molecular weight excluding hydrogens is 302 g/mol. The van der Waals surface area contributed by atoms with E-state index in [1.807, 2.05) is 32.9 Å². The highest BCUT2D eigenvalue weighted by Crippen LogP contribution is 2.26. The zero-order chi connectivity index (χ0) is 17.7. The smallest absolute Gasteiger partial charge is 0.318 e. The number of hydrogen-bond acceptors (Lipinski definition) is 3. The maximum Gasteiger partial charge on any atom is 0.329 e. The van der Waals surface area contributed by atoms with Gasteiger partial charge in [-0.1, -0.05) is 35.9 Å². The number of anilines is 1. The van der Waals surface area contributed by atoms with Gasteiger partial charge < -0.3 is 5.32 Å². The highest BCUT2D eigenvalue weighted by Gasteiger charge is 2.19. The first kappa shape index (κ1) is 17.7. The predicted octanol–water partition coefficient (Wildman–Crippen LogP) is 3.34. The van der Waals surface area contributed by atoms with E-state index in [1.54, 1.807) is 12.1 Å². The highest BCUT2D eigenvalue weighted by atomic mass is 16.2. The minimum Gasteiger partial charge on any atom is -0.318 e. The lowest BCUT2D eigenvalue weighted by Gasteiger charge is -2.22. The van der Waals surface area contributed by atoms with Crippen LogP contribution in [0.2, 0.25) is 0 Å². The summed E-state index contributed by atoms with van der Waals surface area (Å²) in [7, 11) is 0. The molecule has 0 saturated carbocycles. The fourth-order valence-corrected chi connectivity index (χ4v) is 2.42. The molecular formula is C19H23N3O2. The molecule has 0 aromatic heterocycles. The number of aryl methyl sites for hydroxylation is 1. The first-order chi connectivity index (χ1) is 11.4. The van der Waals surface area contributed by atoms with Crippen LogP contribution in [0.3, 0.4) is 0 Å². The van der Waals surface area contributed by atoms with Crippen LogP contribution in [-0.2, 0) is 9.59 Å². The quantitative estimate of drug-likeness (QED) is 0.508. The first-order valence-electron chi connectivity index (χ1n) is 7.94. The van der Waals surface area contributed by atoms with Crippen LogP contribution in [0.15, 0.2) is 53.2 Å². The summed E-state index contributed by atoms with van der Waals surface area (Å²) in [5.41, 5.74) is 6.89. The summed E-state index contributed by atoms with van der Waals surface area (Å²) >= 11 is 0. The Bertz CT molecular complexity index is 715. The molecule has 1 aromatic carbocycles. The fourth-order valence-electron chi connectivity index (χ4n) is 2.42. The monoisotopic (exact) mass is 325 g/mol. The molecule has 0 aliphatic heterocycles. The zero-order valence-electron chi connectivity index (χ0n) is 14.3. The normalized spacial score (nSPS) is 18.7. The van der Waals surface area contributed by atoms with Crippen molar-refractivity contribution in [1.29, 1.82) is 0 Å². The van der Waals surface area contributed by atoms with Crippen LogP contribution >= 0.6 is 0 Å². The van der Waals surface area contributed by atoms with Gasteiger partial charge in [0.25, 0.3) is 0 Å². The summed E-state index contributed by atoms with van der Waals surface area (Å²) in [5.74, 6) is -1.20. The molecule has 0 spiro atoms. The second-order valence-electron chi connectivity index (χ2n) is 6.19. The Morgan fingerprint density at radius 3 is 2.46 bits per heavy atom. The molecule has 24 heavy (non-hydrogen) atoms. The molecule has 0 fully saturated rings. The molecule has 1 aromatic rings. The van der Waals surface area contributed by atoms with Gasteiger partial charge in [0.1, 0.15) is 0 Å². The Morgan fingerprint density at radius 1 is 1.17 bits per heavy atom. The molecule has 1 atom stereocenters. The first-order valence-corrected chi connectivity index (χ1v) is 7.94. The third kappa shape index (κ3) is 4.65. The van der Waals surface area contributed by atoms with E-state index in [4.69, 9.17) is 0 Å². The van der Waals surface area contributed by atoms with E-state index in [0.717, 1.165) is 35.3 Å². The van der Waals surface area contributed by atoms with Crippen molar-refractivity contribution in [3.05, 3.63) is 53.6 Å². The summed E-state index contributed by atoms with van der Waals surface area (Å²) in [6.07, 6.45) is 3.74. The highest BCUT2D eigenvalue weighted by molar-refractivity contribution is 6.39. The van der Waals surface area contributed by atoms with Gasteiger partial charge in [0.15, 0.2) is 0 Å². The minimum atomic E-state index is -0.784. The zero-order valence-corrected chi connectivity index (χ0v) is 14.3. The molecule has 126 valence electrons. The van der Waals surface area contributed by atoms with E-state index in [0.29, 0.717) is 11.6 Å². The van der Waals surface area contributed by atoms with Crippen LogP contribution < -0.4 is 10.7 Å². The van der Waals surface area contributed by atoms with Crippen LogP contribution in [0, 0.1) is 12.8 Å². The van der Waals surface area contributed by atoms with Gasteiger partial charge in [0.05, 0.1) is 5.71 Å². The number of hydrazone groups is 1. The molecule has 0 saturated heterocycles. The molecule has 2 N–H and O–H groups in total. The lowest BCUT2D eigenvalue weighted by molar-refractivity contribution is -0.136. The summed E-state index contributed by atoms with van der Waals surface area (Å²) in [5, 5.41) is 6.67. The van der Waals surface area contributed by atoms with Crippen molar-refractivity contribution in [2.45, 2.75) is 33.6 Å². The van der Waals surface area contributed by atoms with Crippen LogP contribution in [0.5, 0.6) is 0 Å². The predicted molar refractivity (Wildman–Crippen MR) is 96.7 cm³/mol. The lowest BCUT2D eigenvalue weighted by atomic mass is 9.85. The summed E-state index contributed by atoms with van der Waals surface area (Å²) in [4.78, 5) is 23.8. The number of nitrogens with one attached hydrogen (secondary N) is 2. The van der Waals surface area contributed by atoms with Crippen molar-refractivity contribution in [3.8, 4) is 0 Å². The topological polar surface area (TPSA) is 70.6 Å². The molecule has 0 heterocycles. The molecule has 0 bridgehead atoms. The number of hydrogen-bond donors (Lipinski definition) is 2. The van der Waals surface area contributed by atoms with E-state index >= 15 is 0 Å². The van der Waals surface area contributed by atoms with Crippen LogP contribution in [0.4, 0.5) is 5.69 Å². The van der Waals surface area contributed by atoms with E-state index in [2.05, 4.69) is 28.5 Å². The number of benzene rings is 1. The molecule has 0 radical (unpaired) electrons. The SMILES string of the molecule is C=C(C)[C@H]1CC=C(C)C(=NNC(=O)C(=O)Nc2ccc(C)cc2)C1.